The first-order valence-corrected chi connectivity index (χ1v) is 4.78. The first-order valence-electron chi connectivity index (χ1n) is 4.78. The maximum absolute atomic E-state index is 5.54. The number of hydrogen-bond acceptors (Lipinski definition) is 3. The van der Waals surface area contributed by atoms with Crippen LogP contribution in [0.1, 0.15) is 37.5 Å². The van der Waals surface area contributed by atoms with Crippen molar-refractivity contribution in [1.29, 1.82) is 0 Å². The molecule has 1 atom stereocenters. The van der Waals surface area contributed by atoms with Crippen LogP contribution < -0.4 is 5.73 Å². The van der Waals surface area contributed by atoms with Crippen LogP contribution in [0.25, 0.3) is 0 Å². The molecule has 0 radical (unpaired) electrons. The van der Waals surface area contributed by atoms with Gasteiger partial charge in [-0.25, -0.2) is 9.67 Å². The van der Waals surface area contributed by atoms with E-state index in [2.05, 4.69) is 17.0 Å². The van der Waals surface area contributed by atoms with Crippen molar-refractivity contribution in [3.05, 3.63) is 11.6 Å². The Morgan fingerprint density at radius 1 is 1.46 bits per heavy atom. The summed E-state index contributed by atoms with van der Waals surface area (Å²) in [6.45, 7) is 6.76. The van der Waals surface area contributed by atoms with Crippen molar-refractivity contribution in [2.45, 2.75) is 39.7 Å². The fourth-order valence-electron chi connectivity index (χ4n) is 1.57. The molecule has 1 unspecified atom stereocenters. The second kappa shape index (κ2) is 4.37. The number of hydrogen-bond donors (Lipinski definition) is 1. The first-order chi connectivity index (χ1) is 6.19. The molecule has 0 saturated carbocycles. The quantitative estimate of drug-likeness (QED) is 0.761. The zero-order valence-corrected chi connectivity index (χ0v) is 8.62. The van der Waals surface area contributed by atoms with Gasteiger partial charge < -0.3 is 5.73 Å². The van der Waals surface area contributed by atoms with E-state index in [0.29, 0.717) is 12.6 Å². The molecule has 4 nitrogen and oxygen atoms in total. The van der Waals surface area contributed by atoms with Gasteiger partial charge in [-0.05, 0) is 33.2 Å². The summed E-state index contributed by atoms with van der Waals surface area (Å²) in [7, 11) is 0. The standard InChI is InChI=1S/C9H18N4/c1-4-9(5-6-10)13-8(3)11-7(2)12-13/h9H,4-6,10H2,1-3H3. The Bertz CT molecular complexity index is 267. The second-order valence-corrected chi connectivity index (χ2v) is 3.29. The van der Waals surface area contributed by atoms with Gasteiger partial charge in [-0.2, -0.15) is 5.10 Å². The van der Waals surface area contributed by atoms with Crippen molar-refractivity contribution in [2.75, 3.05) is 6.54 Å². The largest absolute Gasteiger partial charge is 0.330 e. The molecule has 1 aromatic rings. The summed E-state index contributed by atoms with van der Waals surface area (Å²) in [5.41, 5.74) is 5.54. The Morgan fingerprint density at radius 2 is 2.15 bits per heavy atom. The SMILES string of the molecule is CCC(CCN)n1nc(C)nc1C. The lowest BCUT2D eigenvalue weighted by Crippen LogP contribution is -2.15. The highest BCUT2D eigenvalue weighted by atomic mass is 15.4. The van der Waals surface area contributed by atoms with Crippen LogP contribution in [0.4, 0.5) is 0 Å². The fraction of sp³-hybridized carbons (Fsp3) is 0.778. The smallest absolute Gasteiger partial charge is 0.147 e. The maximum Gasteiger partial charge on any atom is 0.147 e. The minimum Gasteiger partial charge on any atom is -0.330 e. The lowest BCUT2D eigenvalue weighted by atomic mass is 10.1. The molecule has 0 saturated heterocycles. The molecule has 0 aromatic carbocycles. The van der Waals surface area contributed by atoms with Crippen molar-refractivity contribution in [3.8, 4) is 0 Å². The van der Waals surface area contributed by atoms with Crippen molar-refractivity contribution in [3.63, 3.8) is 0 Å². The van der Waals surface area contributed by atoms with Gasteiger partial charge >= 0.3 is 0 Å². The van der Waals surface area contributed by atoms with E-state index in [1.165, 1.54) is 0 Å². The van der Waals surface area contributed by atoms with E-state index in [9.17, 15) is 0 Å². The van der Waals surface area contributed by atoms with Gasteiger partial charge in [0.05, 0.1) is 6.04 Å². The van der Waals surface area contributed by atoms with Crippen LogP contribution >= 0.6 is 0 Å². The Morgan fingerprint density at radius 3 is 2.54 bits per heavy atom. The predicted molar refractivity (Wildman–Crippen MR) is 52.5 cm³/mol. The summed E-state index contributed by atoms with van der Waals surface area (Å²) in [5.74, 6) is 1.82. The number of aromatic nitrogens is 3. The van der Waals surface area contributed by atoms with E-state index >= 15 is 0 Å². The second-order valence-electron chi connectivity index (χ2n) is 3.29. The van der Waals surface area contributed by atoms with Crippen LogP contribution in [0.3, 0.4) is 0 Å². The number of nitrogens with two attached hydrogens (primary N) is 1. The topological polar surface area (TPSA) is 56.7 Å². The third kappa shape index (κ3) is 2.28. The highest BCUT2D eigenvalue weighted by Crippen LogP contribution is 2.15. The molecule has 0 fully saturated rings. The number of aryl methyl sites for hydroxylation is 2. The Balaban J connectivity index is 2.83. The lowest BCUT2D eigenvalue weighted by molar-refractivity contribution is 0.407. The van der Waals surface area contributed by atoms with Gasteiger partial charge in [0.25, 0.3) is 0 Å². The lowest BCUT2D eigenvalue weighted by Gasteiger charge is -2.14. The van der Waals surface area contributed by atoms with Crippen molar-refractivity contribution in [2.24, 2.45) is 5.73 Å². The van der Waals surface area contributed by atoms with Crippen LogP contribution in [0.5, 0.6) is 0 Å². The van der Waals surface area contributed by atoms with Crippen LogP contribution in [-0.4, -0.2) is 21.3 Å². The third-order valence-corrected chi connectivity index (χ3v) is 2.22. The average Bonchev–Trinajstić information content (AvgIpc) is 2.41. The summed E-state index contributed by atoms with van der Waals surface area (Å²) in [5, 5.41) is 4.35. The Hall–Kier alpha value is -0.900. The summed E-state index contributed by atoms with van der Waals surface area (Å²) in [6, 6.07) is 0.409. The van der Waals surface area contributed by atoms with Gasteiger partial charge in [0.15, 0.2) is 0 Å². The van der Waals surface area contributed by atoms with Crippen LogP contribution in [-0.2, 0) is 0 Å². The molecule has 0 bridgehead atoms. The van der Waals surface area contributed by atoms with E-state index in [0.717, 1.165) is 24.5 Å². The molecule has 0 amide bonds. The average molecular weight is 182 g/mol. The van der Waals surface area contributed by atoms with Crippen molar-refractivity contribution >= 4 is 0 Å². The van der Waals surface area contributed by atoms with E-state index in [1.54, 1.807) is 0 Å². The van der Waals surface area contributed by atoms with Gasteiger partial charge in [0.1, 0.15) is 11.6 Å². The van der Waals surface area contributed by atoms with Crippen LogP contribution in [0.15, 0.2) is 0 Å². The van der Waals surface area contributed by atoms with Gasteiger partial charge in [-0.1, -0.05) is 6.92 Å². The molecular weight excluding hydrogens is 164 g/mol. The minimum absolute atomic E-state index is 0.409. The minimum atomic E-state index is 0.409. The molecule has 2 N–H and O–H groups in total. The van der Waals surface area contributed by atoms with Gasteiger partial charge in [0, 0.05) is 0 Å². The molecule has 4 heteroatoms. The molecule has 0 aliphatic heterocycles. The fourth-order valence-corrected chi connectivity index (χ4v) is 1.57. The number of nitrogens with zero attached hydrogens (tertiary/aromatic N) is 3. The highest BCUT2D eigenvalue weighted by Gasteiger charge is 2.12. The zero-order valence-electron chi connectivity index (χ0n) is 8.62. The van der Waals surface area contributed by atoms with Gasteiger partial charge in [0.2, 0.25) is 0 Å². The predicted octanol–water partition coefficient (Wildman–Crippen LogP) is 1.19. The zero-order chi connectivity index (χ0) is 9.84. The Labute approximate surface area is 79.2 Å². The van der Waals surface area contributed by atoms with Crippen LogP contribution in [0.2, 0.25) is 0 Å². The molecular formula is C9H18N4. The molecule has 0 spiro atoms. The van der Waals surface area contributed by atoms with E-state index in [4.69, 9.17) is 5.73 Å². The summed E-state index contributed by atoms with van der Waals surface area (Å²) in [4.78, 5) is 4.27. The molecule has 0 aliphatic carbocycles. The van der Waals surface area contributed by atoms with E-state index in [-0.39, 0.29) is 0 Å². The van der Waals surface area contributed by atoms with E-state index < -0.39 is 0 Å². The molecule has 13 heavy (non-hydrogen) atoms. The van der Waals surface area contributed by atoms with Gasteiger partial charge in [-0.3, -0.25) is 0 Å². The highest BCUT2D eigenvalue weighted by molar-refractivity contribution is 4.90. The molecule has 1 aromatic heterocycles. The molecule has 0 aliphatic rings. The maximum atomic E-state index is 5.54. The van der Waals surface area contributed by atoms with Crippen LogP contribution in [0, 0.1) is 13.8 Å². The first kappa shape index (κ1) is 10.2. The molecule has 1 rings (SSSR count). The van der Waals surface area contributed by atoms with E-state index in [1.807, 2.05) is 18.5 Å². The Kier molecular flexibility index (Phi) is 3.42. The van der Waals surface area contributed by atoms with Crippen molar-refractivity contribution < 1.29 is 0 Å². The summed E-state index contributed by atoms with van der Waals surface area (Å²) in [6.07, 6.45) is 2.03. The molecule has 74 valence electrons. The number of rotatable bonds is 4. The third-order valence-electron chi connectivity index (χ3n) is 2.22. The summed E-state index contributed by atoms with van der Waals surface area (Å²) >= 11 is 0. The summed E-state index contributed by atoms with van der Waals surface area (Å²) < 4.78 is 1.99. The van der Waals surface area contributed by atoms with Crippen molar-refractivity contribution in [1.82, 2.24) is 14.8 Å². The normalized spacial score (nSPS) is 13.2. The monoisotopic (exact) mass is 182 g/mol. The van der Waals surface area contributed by atoms with Gasteiger partial charge in [-0.15, -0.1) is 0 Å². The molecule has 1 heterocycles.